The van der Waals surface area contributed by atoms with E-state index in [0.29, 0.717) is 13.2 Å². The summed E-state index contributed by atoms with van der Waals surface area (Å²) in [5.41, 5.74) is 1.28. The fourth-order valence-electron chi connectivity index (χ4n) is 1.56. The number of hydrogen-bond acceptors (Lipinski definition) is 3. The quantitative estimate of drug-likeness (QED) is 0.785. The summed E-state index contributed by atoms with van der Waals surface area (Å²) in [7, 11) is 1.67. The third-order valence-corrected chi connectivity index (χ3v) is 3.33. The molecule has 1 fully saturated rings. The smallest absolute Gasteiger partial charge is 0.133 e. The normalized spacial score (nSPS) is 14.9. The van der Waals surface area contributed by atoms with Gasteiger partial charge in [0.1, 0.15) is 12.4 Å². The second-order valence-electron chi connectivity index (χ2n) is 4.26. The standard InChI is InChI=1S/C13H18BrNO2/c1-16-6-7-17-13-5-2-10(8-12(13)14)9-15-11-3-4-11/h2,5,8,11,15H,3-4,6-7,9H2,1H3. The molecule has 0 unspecified atom stereocenters. The number of rotatable bonds is 7. The molecule has 0 atom stereocenters. The highest BCUT2D eigenvalue weighted by Gasteiger charge is 2.19. The van der Waals surface area contributed by atoms with Crippen LogP contribution in [0, 0.1) is 0 Å². The maximum atomic E-state index is 5.58. The van der Waals surface area contributed by atoms with Crippen LogP contribution in [-0.2, 0) is 11.3 Å². The maximum Gasteiger partial charge on any atom is 0.133 e. The van der Waals surface area contributed by atoms with Gasteiger partial charge in [-0.3, -0.25) is 0 Å². The van der Waals surface area contributed by atoms with Gasteiger partial charge in [0.25, 0.3) is 0 Å². The monoisotopic (exact) mass is 299 g/mol. The largest absolute Gasteiger partial charge is 0.490 e. The molecule has 17 heavy (non-hydrogen) atoms. The van der Waals surface area contributed by atoms with Crippen LogP contribution >= 0.6 is 15.9 Å². The highest BCUT2D eigenvalue weighted by molar-refractivity contribution is 9.10. The van der Waals surface area contributed by atoms with Crippen molar-refractivity contribution in [3.8, 4) is 5.75 Å². The van der Waals surface area contributed by atoms with Crippen LogP contribution in [0.5, 0.6) is 5.75 Å². The SMILES string of the molecule is COCCOc1ccc(CNC2CC2)cc1Br. The van der Waals surface area contributed by atoms with Gasteiger partial charge in [-0.1, -0.05) is 6.07 Å². The van der Waals surface area contributed by atoms with Gasteiger partial charge in [0.15, 0.2) is 0 Å². The van der Waals surface area contributed by atoms with Gasteiger partial charge in [-0.05, 0) is 46.5 Å². The highest BCUT2D eigenvalue weighted by atomic mass is 79.9. The van der Waals surface area contributed by atoms with Crippen LogP contribution in [0.3, 0.4) is 0 Å². The Labute approximate surface area is 111 Å². The van der Waals surface area contributed by atoms with E-state index in [2.05, 4.69) is 33.4 Å². The van der Waals surface area contributed by atoms with Crippen molar-refractivity contribution in [2.45, 2.75) is 25.4 Å². The van der Waals surface area contributed by atoms with Gasteiger partial charge in [-0.2, -0.15) is 0 Å². The summed E-state index contributed by atoms with van der Waals surface area (Å²) in [4.78, 5) is 0. The van der Waals surface area contributed by atoms with Crippen molar-refractivity contribution in [3.63, 3.8) is 0 Å². The van der Waals surface area contributed by atoms with Crippen molar-refractivity contribution >= 4 is 15.9 Å². The van der Waals surface area contributed by atoms with E-state index in [1.165, 1.54) is 18.4 Å². The lowest BCUT2D eigenvalue weighted by molar-refractivity contribution is 0.146. The molecule has 1 aliphatic carbocycles. The molecular formula is C13H18BrNO2. The number of nitrogens with one attached hydrogen (secondary N) is 1. The van der Waals surface area contributed by atoms with Crippen molar-refractivity contribution in [2.75, 3.05) is 20.3 Å². The third kappa shape index (κ3) is 4.30. The minimum absolute atomic E-state index is 0.578. The minimum atomic E-state index is 0.578. The van der Waals surface area contributed by atoms with Crippen LogP contribution in [0.15, 0.2) is 22.7 Å². The molecule has 0 aliphatic heterocycles. The fraction of sp³-hybridized carbons (Fsp3) is 0.538. The van der Waals surface area contributed by atoms with E-state index < -0.39 is 0 Å². The average molecular weight is 300 g/mol. The van der Waals surface area contributed by atoms with Gasteiger partial charge in [0, 0.05) is 19.7 Å². The Morgan fingerprint density at radius 3 is 2.82 bits per heavy atom. The van der Waals surface area contributed by atoms with Gasteiger partial charge in [0.2, 0.25) is 0 Å². The highest BCUT2D eigenvalue weighted by Crippen LogP contribution is 2.26. The van der Waals surface area contributed by atoms with Crippen molar-refractivity contribution in [2.24, 2.45) is 0 Å². The number of methoxy groups -OCH3 is 1. The second kappa shape index (κ2) is 6.38. The molecule has 94 valence electrons. The van der Waals surface area contributed by atoms with Gasteiger partial charge in [-0.25, -0.2) is 0 Å². The van der Waals surface area contributed by atoms with Crippen LogP contribution in [-0.4, -0.2) is 26.4 Å². The van der Waals surface area contributed by atoms with Gasteiger partial charge >= 0.3 is 0 Å². The van der Waals surface area contributed by atoms with E-state index in [9.17, 15) is 0 Å². The number of halogens is 1. The number of benzene rings is 1. The zero-order chi connectivity index (χ0) is 12.1. The van der Waals surface area contributed by atoms with E-state index in [1.807, 2.05) is 6.07 Å². The Bertz CT molecular complexity index is 366. The van der Waals surface area contributed by atoms with Crippen molar-refractivity contribution < 1.29 is 9.47 Å². The average Bonchev–Trinajstić information content (AvgIpc) is 3.13. The Morgan fingerprint density at radius 2 is 2.18 bits per heavy atom. The predicted octanol–water partition coefficient (Wildman–Crippen LogP) is 2.73. The molecule has 1 saturated carbocycles. The van der Waals surface area contributed by atoms with E-state index in [-0.39, 0.29) is 0 Å². The molecule has 0 radical (unpaired) electrons. The molecule has 1 N–H and O–H groups in total. The van der Waals surface area contributed by atoms with E-state index >= 15 is 0 Å². The van der Waals surface area contributed by atoms with Crippen LogP contribution in [0.4, 0.5) is 0 Å². The Hall–Kier alpha value is -0.580. The molecular weight excluding hydrogens is 282 g/mol. The summed E-state index contributed by atoms with van der Waals surface area (Å²) in [6.45, 7) is 2.12. The Morgan fingerprint density at radius 1 is 1.35 bits per heavy atom. The van der Waals surface area contributed by atoms with Crippen LogP contribution < -0.4 is 10.1 Å². The van der Waals surface area contributed by atoms with Crippen LogP contribution in [0.2, 0.25) is 0 Å². The Kier molecular flexibility index (Phi) is 4.83. The molecule has 2 rings (SSSR count). The fourth-order valence-corrected chi connectivity index (χ4v) is 2.10. The first-order valence-corrected chi connectivity index (χ1v) is 6.72. The summed E-state index contributed by atoms with van der Waals surface area (Å²) >= 11 is 3.53. The summed E-state index contributed by atoms with van der Waals surface area (Å²) in [6, 6.07) is 6.95. The van der Waals surface area contributed by atoms with Crippen molar-refractivity contribution in [1.82, 2.24) is 5.32 Å². The van der Waals surface area contributed by atoms with E-state index in [1.54, 1.807) is 7.11 Å². The third-order valence-electron chi connectivity index (χ3n) is 2.71. The van der Waals surface area contributed by atoms with E-state index in [0.717, 1.165) is 22.8 Å². The molecule has 0 spiro atoms. The first-order chi connectivity index (χ1) is 8.29. The molecule has 1 aliphatic rings. The lowest BCUT2D eigenvalue weighted by Crippen LogP contribution is -2.15. The second-order valence-corrected chi connectivity index (χ2v) is 5.12. The lowest BCUT2D eigenvalue weighted by atomic mass is 10.2. The predicted molar refractivity (Wildman–Crippen MR) is 71.4 cm³/mol. The van der Waals surface area contributed by atoms with Crippen molar-refractivity contribution in [3.05, 3.63) is 28.2 Å². The van der Waals surface area contributed by atoms with Crippen LogP contribution in [0.1, 0.15) is 18.4 Å². The van der Waals surface area contributed by atoms with Gasteiger partial charge < -0.3 is 14.8 Å². The van der Waals surface area contributed by atoms with E-state index in [4.69, 9.17) is 9.47 Å². The van der Waals surface area contributed by atoms with Crippen LogP contribution in [0.25, 0.3) is 0 Å². The maximum absolute atomic E-state index is 5.58. The molecule has 0 heterocycles. The molecule has 0 amide bonds. The Balaban J connectivity index is 1.85. The molecule has 1 aromatic carbocycles. The summed E-state index contributed by atoms with van der Waals surface area (Å²) in [5, 5.41) is 3.49. The summed E-state index contributed by atoms with van der Waals surface area (Å²) in [6.07, 6.45) is 2.64. The summed E-state index contributed by atoms with van der Waals surface area (Å²) < 4.78 is 11.5. The zero-order valence-electron chi connectivity index (χ0n) is 10.0. The first-order valence-electron chi connectivity index (χ1n) is 5.93. The van der Waals surface area contributed by atoms with Gasteiger partial charge in [-0.15, -0.1) is 0 Å². The van der Waals surface area contributed by atoms with Gasteiger partial charge in [0.05, 0.1) is 11.1 Å². The topological polar surface area (TPSA) is 30.5 Å². The molecule has 3 nitrogen and oxygen atoms in total. The lowest BCUT2D eigenvalue weighted by Gasteiger charge is -2.09. The number of ether oxygens (including phenoxy) is 2. The first kappa shape index (κ1) is 12.9. The molecule has 0 saturated heterocycles. The molecule has 1 aromatic rings. The molecule has 0 bridgehead atoms. The van der Waals surface area contributed by atoms with Crippen molar-refractivity contribution in [1.29, 1.82) is 0 Å². The molecule has 0 aromatic heterocycles. The summed E-state index contributed by atoms with van der Waals surface area (Å²) in [5.74, 6) is 0.872. The minimum Gasteiger partial charge on any atom is -0.490 e. The zero-order valence-corrected chi connectivity index (χ0v) is 11.6. The number of hydrogen-bond donors (Lipinski definition) is 1. The molecule has 4 heteroatoms.